The fourth-order valence-electron chi connectivity index (χ4n) is 8.10. The number of unbranched alkanes of at least 4 members (excludes halogenated alkanes) is 16. The van der Waals surface area contributed by atoms with Crippen LogP contribution >= 0.6 is 0 Å². The average molecular weight is 1090 g/mol. The van der Waals surface area contributed by atoms with E-state index in [1.807, 2.05) is 12.2 Å². The Bertz CT molecular complexity index is 1820. The summed E-state index contributed by atoms with van der Waals surface area (Å²) >= 11 is 0. The molecule has 0 aromatic carbocycles. The standard InChI is InChI=1S/C73H114O6/c1-4-7-10-13-16-19-22-25-28-31-33-34-35-36-37-38-40-42-45-48-51-54-57-60-63-66-72(75)78-69-70(68-77-71(74)65-62-59-56-53-50-47-44-41-30-27-24-21-18-15-12-9-6-3)79-73(76)67-64-61-58-55-52-49-46-43-39-32-29-26-23-20-17-14-11-8-5-2/h7-12,16-21,25-30,33-34,36-37,39,43,49,52,58,61,70H,4-6,13-15,22-24,31-32,35,38,40-42,44-48,50-51,53-57,59-60,62-69H2,1-3H3/b10-7-,11-8-,12-9-,19-16-,20-17-,21-18-,28-25-,29-26-,30-27-,34-33-,37-36-,43-39-,52-49-,61-58-. The Labute approximate surface area is 485 Å². The molecule has 1 unspecified atom stereocenters. The molecule has 0 radical (unpaired) electrons. The second-order valence-electron chi connectivity index (χ2n) is 20.2. The van der Waals surface area contributed by atoms with Crippen LogP contribution in [0.4, 0.5) is 0 Å². The van der Waals surface area contributed by atoms with Gasteiger partial charge in [0.05, 0.1) is 0 Å². The molecule has 1 atom stereocenters. The largest absolute Gasteiger partial charge is 0.462 e. The van der Waals surface area contributed by atoms with E-state index in [0.717, 1.165) is 141 Å². The molecule has 0 N–H and O–H groups in total. The number of hydrogen-bond donors (Lipinski definition) is 0. The lowest BCUT2D eigenvalue weighted by atomic mass is 10.1. The van der Waals surface area contributed by atoms with Gasteiger partial charge >= 0.3 is 17.9 Å². The van der Waals surface area contributed by atoms with Gasteiger partial charge in [-0.1, -0.05) is 268 Å². The highest BCUT2D eigenvalue weighted by molar-refractivity contribution is 5.71. The molecular formula is C73H114O6. The van der Waals surface area contributed by atoms with E-state index in [0.29, 0.717) is 19.3 Å². The summed E-state index contributed by atoms with van der Waals surface area (Å²) in [5, 5.41) is 0. The number of carbonyl (C=O) groups is 3. The SMILES string of the molecule is CC/C=C\C/C=C\C/C=C\C/C=C\C/C=C\C/C=C\CCC(=O)OC(COC(=O)CCCCCCCCC/C=C\C/C=C\C/C=C\CC)COC(=O)CCCCCCCCCCC/C=C\C/C=C\C/C=C\C/C=C\C/C=C\CC. The monoisotopic (exact) mass is 1090 g/mol. The Balaban J connectivity index is 4.51. The van der Waals surface area contributed by atoms with E-state index >= 15 is 0 Å². The number of esters is 3. The first kappa shape index (κ1) is 73.8. The van der Waals surface area contributed by atoms with Gasteiger partial charge in [0.2, 0.25) is 0 Å². The summed E-state index contributed by atoms with van der Waals surface area (Å²) in [6.07, 6.45) is 96.5. The molecule has 0 saturated heterocycles. The Morgan fingerprint density at radius 3 is 0.759 bits per heavy atom. The van der Waals surface area contributed by atoms with Gasteiger partial charge in [-0.3, -0.25) is 14.4 Å². The van der Waals surface area contributed by atoms with E-state index in [-0.39, 0.29) is 31.6 Å². The predicted molar refractivity (Wildman–Crippen MR) is 343 cm³/mol. The van der Waals surface area contributed by atoms with Crippen LogP contribution in [0.25, 0.3) is 0 Å². The quantitative estimate of drug-likeness (QED) is 0.0261. The van der Waals surface area contributed by atoms with Gasteiger partial charge in [0.25, 0.3) is 0 Å². The van der Waals surface area contributed by atoms with E-state index in [2.05, 4.69) is 179 Å². The third-order valence-electron chi connectivity index (χ3n) is 12.7. The van der Waals surface area contributed by atoms with Crippen molar-refractivity contribution in [1.29, 1.82) is 0 Å². The Kier molecular flexibility index (Phi) is 61.0. The summed E-state index contributed by atoms with van der Waals surface area (Å²) in [6, 6.07) is 0. The van der Waals surface area contributed by atoms with Crippen molar-refractivity contribution in [3.63, 3.8) is 0 Å². The van der Waals surface area contributed by atoms with Gasteiger partial charge < -0.3 is 14.2 Å². The average Bonchev–Trinajstić information content (AvgIpc) is 3.45. The normalized spacial score (nSPS) is 13.3. The van der Waals surface area contributed by atoms with Crippen LogP contribution in [0.2, 0.25) is 0 Å². The maximum Gasteiger partial charge on any atom is 0.306 e. The summed E-state index contributed by atoms with van der Waals surface area (Å²) in [7, 11) is 0. The first-order chi connectivity index (χ1) is 39.0. The lowest BCUT2D eigenvalue weighted by molar-refractivity contribution is -0.166. The number of rotatable bonds is 55. The van der Waals surface area contributed by atoms with E-state index in [4.69, 9.17) is 14.2 Å². The maximum atomic E-state index is 12.9. The molecule has 0 rings (SSSR count). The molecule has 0 aromatic rings. The highest BCUT2D eigenvalue weighted by atomic mass is 16.6. The van der Waals surface area contributed by atoms with Crippen LogP contribution in [0.3, 0.4) is 0 Å². The van der Waals surface area contributed by atoms with Crippen molar-refractivity contribution in [2.24, 2.45) is 0 Å². The predicted octanol–water partition coefficient (Wildman–Crippen LogP) is 21.9. The number of carbonyl (C=O) groups excluding carboxylic acids is 3. The second kappa shape index (κ2) is 65.3. The van der Waals surface area contributed by atoms with Crippen LogP contribution in [0.5, 0.6) is 0 Å². The molecule has 0 spiro atoms. The lowest BCUT2D eigenvalue weighted by Gasteiger charge is -2.18. The van der Waals surface area contributed by atoms with Crippen LogP contribution in [-0.4, -0.2) is 37.2 Å². The van der Waals surface area contributed by atoms with Crippen molar-refractivity contribution < 1.29 is 28.6 Å². The molecule has 442 valence electrons. The van der Waals surface area contributed by atoms with Crippen molar-refractivity contribution in [3.05, 3.63) is 170 Å². The Morgan fingerprint density at radius 2 is 0.481 bits per heavy atom. The van der Waals surface area contributed by atoms with Gasteiger partial charge in [-0.2, -0.15) is 0 Å². The molecule has 0 fully saturated rings. The Morgan fingerprint density at radius 1 is 0.253 bits per heavy atom. The molecule has 0 saturated carbocycles. The molecule has 0 aliphatic rings. The molecule has 0 aromatic heterocycles. The summed E-state index contributed by atoms with van der Waals surface area (Å²) in [4.78, 5) is 38.3. The minimum atomic E-state index is -0.836. The van der Waals surface area contributed by atoms with Crippen LogP contribution in [-0.2, 0) is 28.6 Å². The number of hydrogen-bond acceptors (Lipinski definition) is 6. The van der Waals surface area contributed by atoms with Gasteiger partial charge in [-0.05, 0) is 135 Å². The van der Waals surface area contributed by atoms with E-state index in [9.17, 15) is 14.4 Å². The molecule has 6 heteroatoms. The van der Waals surface area contributed by atoms with Gasteiger partial charge in [-0.25, -0.2) is 0 Å². The fraction of sp³-hybridized carbons (Fsp3) is 0.575. The van der Waals surface area contributed by atoms with Crippen molar-refractivity contribution >= 4 is 17.9 Å². The number of ether oxygens (including phenoxy) is 3. The zero-order chi connectivity index (χ0) is 57.1. The zero-order valence-electron chi connectivity index (χ0n) is 50.6. The minimum absolute atomic E-state index is 0.122. The molecule has 6 nitrogen and oxygen atoms in total. The van der Waals surface area contributed by atoms with Gasteiger partial charge in [-0.15, -0.1) is 0 Å². The number of allylic oxidation sites excluding steroid dienone is 28. The third-order valence-corrected chi connectivity index (χ3v) is 12.7. The van der Waals surface area contributed by atoms with Gasteiger partial charge in [0, 0.05) is 19.3 Å². The molecule has 0 aliphatic carbocycles. The van der Waals surface area contributed by atoms with Gasteiger partial charge in [0.15, 0.2) is 6.10 Å². The van der Waals surface area contributed by atoms with Gasteiger partial charge in [0.1, 0.15) is 13.2 Å². The summed E-state index contributed by atoms with van der Waals surface area (Å²) < 4.78 is 16.8. The molecular weight excluding hydrogens is 973 g/mol. The van der Waals surface area contributed by atoms with Crippen molar-refractivity contribution in [2.75, 3.05) is 13.2 Å². The summed E-state index contributed by atoms with van der Waals surface area (Å²) in [5.41, 5.74) is 0. The Hall–Kier alpha value is -5.23. The molecule has 0 amide bonds. The van der Waals surface area contributed by atoms with Crippen LogP contribution in [0.15, 0.2) is 170 Å². The smallest absolute Gasteiger partial charge is 0.306 e. The molecule has 0 bridgehead atoms. The van der Waals surface area contributed by atoms with Crippen molar-refractivity contribution in [2.45, 2.75) is 258 Å². The first-order valence-corrected chi connectivity index (χ1v) is 31.6. The van der Waals surface area contributed by atoms with E-state index < -0.39 is 12.1 Å². The minimum Gasteiger partial charge on any atom is -0.462 e. The second-order valence-corrected chi connectivity index (χ2v) is 20.2. The molecule has 79 heavy (non-hydrogen) atoms. The van der Waals surface area contributed by atoms with Crippen molar-refractivity contribution in [3.8, 4) is 0 Å². The topological polar surface area (TPSA) is 78.9 Å². The fourth-order valence-corrected chi connectivity index (χ4v) is 8.10. The van der Waals surface area contributed by atoms with E-state index in [1.165, 1.54) is 64.2 Å². The third kappa shape index (κ3) is 63.5. The highest BCUT2D eigenvalue weighted by Gasteiger charge is 2.19. The zero-order valence-corrected chi connectivity index (χ0v) is 50.6. The first-order valence-electron chi connectivity index (χ1n) is 31.6. The highest BCUT2D eigenvalue weighted by Crippen LogP contribution is 2.14. The van der Waals surface area contributed by atoms with E-state index in [1.54, 1.807) is 0 Å². The van der Waals surface area contributed by atoms with Crippen LogP contribution in [0.1, 0.15) is 252 Å². The summed E-state index contributed by atoms with van der Waals surface area (Å²) in [6.45, 7) is 6.22. The molecule has 0 heterocycles. The molecule has 0 aliphatic heterocycles. The van der Waals surface area contributed by atoms with Crippen LogP contribution in [0, 0.1) is 0 Å². The summed E-state index contributed by atoms with van der Waals surface area (Å²) in [5.74, 6) is -1.03. The van der Waals surface area contributed by atoms with Crippen LogP contribution < -0.4 is 0 Å². The van der Waals surface area contributed by atoms with Crippen molar-refractivity contribution in [1.82, 2.24) is 0 Å². The lowest BCUT2D eigenvalue weighted by Crippen LogP contribution is -2.30. The maximum absolute atomic E-state index is 12.9.